The number of nitrogens with one attached hydrogen (secondary N) is 2. The van der Waals surface area contributed by atoms with E-state index in [1.54, 1.807) is 38.4 Å². The number of para-hydroxylation sites is 1. The summed E-state index contributed by atoms with van der Waals surface area (Å²) in [5.74, 6) is -0.291. The van der Waals surface area contributed by atoms with Gasteiger partial charge >= 0.3 is 0 Å². The lowest BCUT2D eigenvalue weighted by molar-refractivity contribution is -0.115. The summed E-state index contributed by atoms with van der Waals surface area (Å²) in [6, 6.07) is 7.23. The van der Waals surface area contributed by atoms with Crippen LogP contribution in [0.15, 0.2) is 24.3 Å². The molecule has 0 aliphatic rings. The Morgan fingerprint density at radius 3 is 2.42 bits per heavy atom. The molecule has 1 aromatic carbocycles. The van der Waals surface area contributed by atoms with Crippen LogP contribution in [-0.2, 0) is 4.79 Å². The number of hydrogen-bond acceptors (Lipinski definition) is 3. The van der Waals surface area contributed by atoms with Gasteiger partial charge in [-0.25, -0.2) is 0 Å². The molecule has 2 amide bonds. The second-order valence-electron chi connectivity index (χ2n) is 4.83. The summed E-state index contributed by atoms with van der Waals surface area (Å²) >= 11 is 0. The average molecular weight is 263 g/mol. The van der Waals surface area contributed by atoms with Crippen LogP contribution in [0.25, 0.3) is 0 Å². The van der Waals surface area contributed by atoms with E-state index in [-0.39, 0.29) is 24.4 Å². The van der Waals surface area contributed by atoms with E-state index >= 15 is 0 Å². The highest BCUT2D eigenvalue weighted by Crippen LogP contribution is 2.16. The Labute approximate surface area is 114 Å². The summed E-state index contributed by atoms with van der Waals surface area (Å²) in [6.07, 6.45) is 0. The second-order valence-corrected chi connectivity index (χ2v) is 4.83. The van der Waals surface area contributed by atoms with Crippen LogP contribution >= 0.6 is 0 Å². The van der Waals surface area contributed by atoms with Gasteiger partial charge in [0.25, 0.3) is 5.91 Å². The number of hydrogen-bond donors (Lipinski definition) is 2. The lowest BCUT2D eigenvalue weighted by Crippen LogP contribution is -2.33. The average Bonchev–Trinajstić information content (AvgIpc) is 2.36. The first-order valence-electron chi connectivity index (χ1n) is 6.25. The van der Waals surface area contributed by atoms with Gasteiger partial charge in [-0.05, 0) is 12.1 Å². The van der Waals surface area contributed by atoms with E-state index in [0.717, 1.165) is 0 Å². The number of carbonyl (C=O) groups is 2. The highest BCUT2D eigenvalue weighted by molar-refractivity contribution is 6.03. The fourth-order valence-corrected chi connectivity index (χ4v) is 1.51. The molecule has 0 saturated carbocycles. The number of anilines is 1. The van der Waals surface area contributed by atoms with Crippen LogP contribution in [0, 0.1) is 0 Å². The van der Waals surface area contributed by atoms with Gasteiger partial charge in [0.15, 0.2) is 0 Å². The molecule has 1 aromatic rings. The number of nitrogens with zero attached hydrogens (tertiary/aromatic N) is 1. The Morgan fingerprint density at radius 2 is 1.84 bits per heavy atom. The molecule has 0 aliphatic heterocycles. The van der Waals surface area contributed by atoms with Crippen molar-refractivity contribution in [2.24, 2.45) is 0 Å². The molecule has 2 N–H and O–H groups in total. The first kappa shape index (κ1) is 15.2. The van der Waals surface area contributed by atoms with Crippen LogP contribution in [0.5, 0.6) is 0 Å². The molecule has 0 saturated heterocycles. The van der Waals surface area contributed by atoms with Gasteiger partial charge in [-0.1, -0.05) is 26.0 Å². The van der Waals surface area contributed by atoms with Gasteiger partial charge in [0.05, 0.1) is 17.8 Å². The molecule has 0 spiro atoms. The topological polar surface area (TPSA) is 61.4 Å². The fourth-order valence-electron chi connectivity index (χ4n) is 1.51. The molecule has 0 radical (unpaired) electrons. The Bertz CT molecular complexity index is 456. The van der Waals surface area contributed by atoms with Crippen molar-refractivity contribution in [1.82, 2.24) is 10.2 Å². The standard InChI is InChI=1S/C14H21N3O2/c1-10(2)15-9-13(18)16-12-8-6-5-7-11(12)14(19)17(3)4/h5-8,10,15H,9H2,1-4H3,(H,16,18). The molecule has 5 nitrogen and oxygen atoms in total. The maximum absolute atomic E-state index is 12.0. The SMILES string of the molecule is CC(C)NCC(=O)Nc1ccccc1C(=O)N(C)C. The summed E-state index contributed by atoms with van der Waals surface area (Å²) in [7, 11) is 3.36. The zero-order valence-electron chi connectivity index (χ0n) is 11.9. The fraction of sp³-hybridized carbons (Fsp3) is 0.429. The molecule has 104 valence electrons. The predicted octanol–water partition coefficient (Wildman–Crippen LogP) is 1.32. The highest BCUT2D eigenvalue weighted by Gasteiger charge is 2.14. The van der Waals surface area contributed by atoms with Gasteiger partial charge in [0.2, 0.25) is 5.91 Å². The second kappa shape index (κ2) is 6.89. The van der Waals surface area contributed by atoms with E-state index in [1.807, 2.05) is 13.8 Å². The van der Waals surface area contributed by atoms with Gasteiger partial charge in [0.1, 0.15) is 0 Å². The monoisotopic (exact) mass is 263 g/mol. The van der Waals surface area contributed by atoms with Crippen LogP contribution in [0.4, 0.5) is 5.69 Å². The Balaban J connectivity index is 2.78. The molecule has 0 unspecified atom stereocenters. The quantitative estimate of drug-likeness (QED) is 0.842. The van der Waals surface area contributed by atoms with Crippen molar-refractivity contribution >= 4 is 17.5 Å². The van der Waals surface area contributed by atoms with Gasteiger partial charge in [-0.2, -0.15) is 0 Å². The van der Waals surface area contributed by atoms with Crippen molar-refractivity contribution in [1.29, 1.82) is 0 Å². The van der Waals surface area contributed by atoms with Crippen LogP contribution in [0.2, 0.25) is 0 Å². The van der Waals surface area contributed by atoms with Crippen LogP contribution < -0.4 is 10.6 Å². The molecule has 0 aromatic heterocycles. The maximum atomic E-state index is 12.0. The molecule has 0 fully saturated rings. The van der Waals surface area contributed by atoms with Gasteiger partial charge in [0, 0.05) is 20.1 Å². The lowest BCUT2D eigenvalue weighted by Gasteiger charge is -2.15. The van der Waals surface area contributed by atoms with Crippen LogP contribution in [0.1, 0.15) is 24.2 Å². The van der Waals surface area contributed by atoms with Crippen molar-refractivity contribution in [3.05, 3.63) is 29.8 Å². The van der Waals surface area contributed by atoms with Gasteiger partial charge in [-0.15, -0.1) is 0 Å². The lowest BCUT2D eigenvalue weighted by atomic mass is 10.1. The molecule has 1 rings (SSSR count). The molecule has 0 aliphatic carbocycles. The van der Waals surface area contributed by atoms with E-state index in [4.69, 9.17) is 0 Å². The molecule has 0 bridgehead atoms. The Kier molecular flexibility index (Phi) is 5.51. The summed E-state index contributed by atoms with van der Waals surface area (Å²) in [5, 5.41) is 5.78. The third kappa shape index (κ3) is 4.71. The zero-order valence-corrected chi connectivity index (χ0v) is 11.9. The predicted molar refractivity (Wildman–Crippen MR) is 76.2 cm³/mol. The third-order valence-electron chi connectivity index (χ3n) is 2.51. The highest BCUT2D eigenvalue weighted by atomic mass is 16.2. The van der Waals surface area contributed by atoms with E-state index < -0.39 is 0 Å². The Hall–Kier alpha value is -1.88. The number of carbonyl (C=O) groups excluding carboxylic acids is 2. The first-order chi connectivity index (χ1) is 8.91. The van der Waals surface area contributed by atoms with E-state index in [9.17, 15) is 9.59 Å². The van der Waals surface area contributed by atoms with Crippen molar-refractivity contribution in [3.8, 4) is 0 Å². The third-order valence-corrected chi connectivity index (χ3v) is 2.51. The Morgan fingerprint density at radius 1 is 1.21 bits per heavy atom. The van der Waals surface area contributed by atoms with Crippen molar-refractivity contribution < 1.29 is 9.59 Å². The summed E-state index contributed by atoms with van der Waals surface area (Å²) < 4.78 is 0. The molecule has 19 heavy (non-hydrogen) atoms. The minimum atomic E-state index is -0.160. The minimum absolute atomic E-state index is 0.132. The van der Waals surface area contributed by atoms with Crippen molar-refractivity contribution in [3.63, 3.8) is 0 Å². The van der Waals surface area contributed by atoms with Gasteiger partial charge < -0.3 is 15.5 Å². The van der Waals surface area contributed by atoms with Gasteiger partial charge in [-0.3, -0.25) is 9.59 Å². The van der Waals surface area contributed by atoms with Crippen molar-refractivity contribution in [2.75, 3.05) is 26.0 Å². The number of amides is 2. The number of benzene rings is 1. The maximum Gasteiger partial charge on any atom is 0.255 e. The van der Waals surface area contributed by atoms with E-state index in [0.29, 0.717) is 11.3 Å². The van der Waals surface area contributed by atoms with Crippen molar-refractivity contribution in [2.45, 2.75) is 19.9 Å². The zero-order chi connectivity index (χ0) is 14.4. The molecule has 0 atom stereocenters. The molecular formula is C14H21N3O2. The minimum Gasteiger partial charge on any atom is -0.345 e. The summed E-state index contributed by atoms with van der Waals surface area (Å²) in [6.45, 7) is 4.16. The van der Waals surface area contributed by atoms with Crippen LogP contribution in [0.3, 0.4) is 0 Å². The summed E-state index contributed by atoms with van der Waals surface area (Å²) in [5.41, 5.74) is 1.03. The molecular weight excluding hydrogens is 242 g/mol. The normalized spacial score (nSPS) is 10.4. The number of rotatable bonds is 5. The van der Waals surface area contributed by atoms with E-state index in [1.165, 1.54) is 4.90 Å². The smallest absolute Gasteiger partial charge is 0.255 e. The molecule has 5 heteroatoms. The first-order valence-corrected chi connectivity index (χ1v) is 6.25. The largest absolute Gasteiger partial charge is 0.345 e. The molecule has 0 heterocycles. The summed E-state index contributed by atoms with van der Waals surface area (Å²) in [4.78, 5) is 25.2. The van der Waals surface area contributed by atoms with Crippen LogP contribution in [-0.4, -0.2) is 43.4 Å². The van der Waals surface area contributed by atoms with E-state index in [2.05, 4.69) is 10.6 Å².